The summed E-state index contributed by atoms with van der Waals surface area (Å²) in [6.07, 6.45) is 0. The average Bonchev–Trinajstić information content (AvgIpc) is 2.53. The summed E-state index contributed by atoms with van der Waals surface area (Å²) in [5, 5.41) is 28.9. The van der Waals surface area contributed by atoms with Crippen molar-refractivity contribution in [2.75, 3.05) is 0 Å². The van der Waals surface area contributed by atoms with E-state index in [1.165, 1.54) is 6.07 Å². The molecule has 0 aliphatic heterocycles. The Bertz CT molecular complexity index is 695. The minimum atomic E-state index is -1.86. The molecule has 0 heterocycles. The van der Waals surface area contributed by atoms with Gasteiger partial charge in [-0.05, 0) is 35.9 Å². The van der Waals surface area contributed by atoms with Crippen molar-refractivity contribution in [2.24, 2.45) is 0 Å². The lowest BCUT2D eigenvalue weighted by Crippen LogP contribution is -2.23. The minimum Gasteiger partial charge on any atom is -0.512 e. The average molecular weight is 296 g/mol. The van der Waals surface area contributed by atoms with Gasteiger partial charge in [0.05, 0.1) is 11.6 Å². The molecule has 110 valence electrons. The van der Waals surface area contributed by atoms with Gasteiger partial charge < -0.3 is 20.0 Å². The highest BCUT2D eigenvalue weighted by atomic mass is 16.6. The van der Waals surface area contributed by atoms with Crippen LogP contribution in [0.15, 0.2) is 48.5 Å². The highest BCUT2D eigenvalue weighted by molar-refractivity contribution is 6.33. The van der Waals surface area contributed by atoms with Gasteiger partial charge in [0.15, 0.2) is 0 Å². The predicted octanol–water partition coefficient (Wildman–Crippen LogP) is 0.837. The van der Waals surface area contributed by atoms with Crippen molar-refractivity contribution >= 4 is 13.2 Å². The van der Waals surface area contributed by atoms with Crippen LogP contribution in [0.4, 0.5) is 0 Å². The van der Waals surface area contributed by atoms with Gasteiger partial charge in [-0.2, -0.15) is 5.26 Å². The van der Waals surface area contributed by atoms with E-state index in [1.807, 2.05) is 6.07 Å². The normalized spacial score (nSPS) is 9.68. The van der Waals surface area contributed by atoms with Crippen molar-refractivity contribution in [3.05, 3.63) is 65.2 Å². The van der Waals surface area contributed by atoms with E-state index in [1.54, 1.807) is 42.5 Å². The first-order valence-corrected chi connectivity index (χ1v) is 6.48. The molecule has 0 aliphatic carbocycles. The first-order valence-electron chi connectivity index (χ1n) is 6.48. The summed E-state index contributed by atoms with van der Waals surface area (Å²) in [5.41, 5.74) is 1.67. The number of rotatable bonds is 5. The molecule has 0 aromatic heterocycles. The van der Waals surface area contributed by atoms with Crippen molar-refractivity contribution in [1.82, 2.24) is 5.32 Å². The van der Waals surface area contributed by atoms with Gasteiger partial charge in [-0.15, -0.1) is 0 Å². The van der Waals surface area contributed by atoms with E-state index in [0.717, 1.165) is 5.56 Å². The van der Waals surface area contributed by atoms with Crippen LogP contribution in [-0.2, 0) is 6.54 Å². The molecule has 7 heteroatoms. The Morgan fingerprint density at radius 1 is 1.23 bits per heavy atom. The molecule has 0 fully saturated rings. The number of carbonyl (C=O) groups excluding carboxylic acids is 1. The van der Waals surface area contributed by atoms with E-state index >= 15 is 0 Å². The maximum atomic E-state index is 12.0. The van der Waals surface area contributed by atoms with Crippen molar-refractivity contribution in [3.63, 3.8) is 0 Å². The third kappa shape index (κ3) is 4.35. The molecule has 0 aliphatic rings. The van der Waals surface area contributed by atoms with E-state index in [9.17, 15) is 4.79 Å². The van der Waals surface area contributed by atoms with E-state index in [4.69, 9.17) is 15.3 Å². The Kier molecular flexibility index (Phi) is 5.14. The van der Waals surface area contributed by atoms with Gasteiger partial charge in [0.1, 0.15) is 5.75 Å². The summed E-state index contributed by atoms with van der Waals surface area (Å²) < 4.78 is 4.68. The molecule has 0 saturated carbocycles. The predicted molar refractivity (Wildman–Crippen MR) is 79.6 cm³/mol. The zero-order valence-electron chi connectivity index (χ0n) is 11.6. The highest BCUT2D eigenvalue weighted by Gasteiger charge is 2.11. The lowest BCUT2D eigenvalue weighted by atomic mass is 10.1. The molecule has 22 heavy (non-hydrogen) atoms. The standard InChI is InChI=1S/C15H13BN2O4/c17-9-12-2-1-3-13(8-12)15(19)18-10-11-4-6-14(7-5-11)22-16(20)21/h1-8,20-21H,10H2,(H,18,19). The molecule has 0 unspecified atom stereocenters. The topological polar surface area (TPSA) is 103 Å². The summed E-state index contributed by atoms with van der Waals surface area (Å²) in [4.78, 5) is 12.0. The summed E-state index contributed by atoms with van der Waals surface area (Å²) in [6, 6.07) is 15.0. The van der Waals surface area contributed by atoms with Crippen LogP contribution in [0.25, 0.3) is 0 Å². The van der Waals surface area contributed by atoms with E-state index in [-0.39, 0.29) is 5.91 Å². The number of carbonyl (C=O) groups is 1. The first kappa shape index (κ1) is 15.6. The van der Waals surface area contributed by atoms with Crippen molar-refractivity contribution in [3.8, 4) is 11.8 Å². The Hall–Kier alpha value is -2.82. The van der Waals surface area contributed by atoms with Gasteiger partial charge >= 0.3 is 7.32 Å². The lowest BCUT2D eigenvalue weighted by Gasteiger charge is -2.08. The Morgan fingerprint density at radius 3 is 2.59 bits per heavy atom. The lowest BCUT2D eigenvalue weighted by molar-refractivity contribution is 0.0951. The largest absolute Gasteiger partial charge is 0.707 e. The smallest absolute Gasteiger partial charge is 0.512 e. The number of nitrogens with zero attached hydrogens (tertiary/aromatic N) is 1. The molecule has 0 bridgehead atoms. The van der Waals surface area contributed by atoms with Crippen LogP contribution in [0.1, 0.15) is 21.5 Å². The number of benzene rings is 2. The maximum absolute atomic E-state index is 12.0. The van der Waals surface area contributed by atoms with Gasteiger partial charge in [0.25, 0.3) is 5.91 Å². The van der Waals surface area contributed by atoms with Gasteiger partial charge in [0, 0.05) is 12.1 Å². The third-order valence-electron chi connectivity index (χ3n) is 2.87. The molecule has 0 atom stereocenters. The van der Waals surface area contributed by atoms with Crippen LogP contribution in [0.2, 0.25) is 0 Å². The first-order chi connectivity index (χ1) is 10.6. The van der Waals surface area contributed by atoms with E-state index < -0.39 is 7.32 Å². The second-order valence-electron chi connectivity index (χ2n) is 4.46. The Labute approximate surface area is 127 Å². The molecule has 2 aromatic carbocycles. The van der Waals surface area contributed by atoms with Crippen molar-refractivity contribution in [2.45, 2.75) is 6.54 Å². The minimum absolute atomic E-state index is 0.275. The molecule has 1 amide bonds. The fourth-order valence-electron chi connectivity index (χ4n) is 1.82. The molecule has 3 N–H and O–H groups in total. The van der Waals surface area contributed by atoms with Crippen LogP contribution in [0.3, 0.4) is 0 Å². The monoisotopic (exact) mass is 296 g/mol. The Balaban J connectivity index is 1.94. The Morgan fingerprint density at radius 2 is 1.95 bits per heavy atom. The SMILES string of the molecule is N#Cc1cccc(C(=O)NCc2ccc(OB(O)O)cc2)c1. The molecule has 0 spiro atoms. The second-order valence-corrected chi connectivity index (χ2v) is 4.46. The molecule has 0 radical (unpaired) electrons. The van der Waals surface area contributed by atoms with Crippen LogP contribution in [0, 0.1) is 11.3 Å². The number of hydrogen-bond acceptors (Lipinski definition) is 5. The summed E-state index contributed by atoms with van der Waals surface area (Å²) >= 11 is 0. The van der Waals surface area contributed by atoms with Gasteiger partial charge in [-0.25, -0.2) is 0 Å². The fraction of sp³-hybridized carbons (Fsp3) is 0.0667. The van der Waals surface area contributed by atoms with Crippen LogP contribution in [-0.4, -0.2) is 23.3 Å². The molecule has 6 nitrogen and oxygen atoms in total. The van der Waals surface area contributed by atoms with Crippen molar-refractivity contribution < 1.29 is 19.5 Å². The van der Waals surface area contributed by atoms with Gasteiger partial charge in [0.2, 0.25) is 0 Å². The quantitative estimate of drug-likeness (QED) is 0.709. The molecule has 0 saturated heterocycles. The van der Waals surface area contributed by atoms with Crippen molar-refractivity contribution in [1.29, 1.82) is 5.26 Å². The van der Waals surface area contributed by atoms with E-state index in [0.29, 0.717) is 23.4 Å². The summed E-state index contributed by atoms with van der Waals surface area (Å²) in [7, 11) is -1.86. The number of hydrogen-bond donors (Lipinski definition) is 3. The fourth-order valence-corrected chi connectivity index (χ4v) is 1.82. The molecular formula is C15H13BN2O4. The number of amides is 1. The maximum Gasteiger partial charge on any atom is 0.707 e. The molecular weight excluding hydrogens is 283 g/mol. The van der Waals surface area contributed by atoms with Gasteiger partial charge in [-0.3, -0.25) is 4.79 Å². The molecule has 2 rings (SSSR count). The third-order valence-corrected chi connectivity index (χ3v) is 2.87. The zero-order chi connectivity index (χ0) is 15.9. The van der Waals surface area contributed by atoms with Crippen LogP contribution >= 0.6 is 0 Å². The number of nitrogens with one attached hydrogen (secondary N) is 1. The number of nitriles is 1. The second kappa shape index (κ2) is 7.27. The van der Waals surface area contributed by atoms with Crippen LogP contribution in [0.5, 0.6) is 5.75 Å². The highest BCUT2D eigenvalue weighted by Crippen LogP contribution is 2.12. The summed E-state index contributed by atoms with van der Waals surface area (Å²) in [5.74, 6) is 0.0370. The zero-order valence-corrected chi connectivity index (χ0v) is 11.6. The van der Waals surface area contributed by atoms with Crippen LogP contribution < -0.4 is 9.97 Å². The van der Waals surface area contributed by atoms with E-state index in [2.05, 4.69) is 9.97 Å². The van der Waals surface area contributed by atoms with Gasteiger partial charge in [-0.1, -0.05) is 18.2 Å². The molecule has 2 aromatic rings. The summed E-state index contributed by atoms with van der Waals surface area (Å²) in [6.45, 7) is 0.303.